The number of nitrogens with zero attached hydrogens (tertiary/aromatic N) is 2. The molecule has 6 nitrogen and oxygen atoms in total. The van der Waals surface area contributed by atoms with Crippen LogP contribution in [0.15, 0.2) is 18.3 Å². The van der Waals surface area contributed by atoms with Gasteiger partial charge in [0.2, 0.25) is 0 Å². The fourth-order valence-electron chi connectivity index (χ4n) is 1.93. The van der Waals surface area contributed by atoms with Crippen molar-refractivity contribution in [1.29, 1.82) is 5.26 Å². The zero-order chi connectivity index (χ0) is 13.0. The molecule has 1 saturated heterocycles. The molecule has 2 N–H and O–H groups in total. The second-order valence-corrected chi connectivity index (χ2v) is 4.14. The highest BCUT2D eigenvalue weighted by molar-refractivity contribution is 5.83. The second kappa shape index (κ2) is 5.02. The third kappa shape index (κ3) is 2.26. The molecule has 0 aromatic carbocycles. The van der Waals surface area contributed by atoms with Crippen LogP contribution in [0.4, 0.5) is 5.82 Å². The molecule has 1 aromatic heterocycles. The van der Waals surface area contributed by atoms with Crippen molar-refractivity contribution >= 4 is 11.8 Å². The number of hydrogen-bond donors (Lipinski definition) is 2. The first kappa shape index (κ1) is 12.3. The molecule has 18 heavy (non-hydrogen) atoms. The minimum Gasteiger partial charge on any atom is -0.480 e. The Morgan fingerprint density at radius 3 is 2.89 bits per heavy atom. The van der Waals surface area contributed by atoms with E-state index in [4.69, 9.17) is 10.00 Å². The normalized spacial score (nSPS) is 17.7. The summed E-state index contributed by atoms with van der Waals surface area (Å²) in [5, 5.41) is 21.3. The maximum absolute atomic E-state index is 11.5. The summed E-state index contributed by atoms with van der Waals surface area (Å²) in [6.07, 6.45) is 2.23. The first-order valence-electron chi connectivity index (χ1n) is 5.62. The molecular weight excluding hydrogens is 234 g/mol. The van der Waals surface area contributed by atoms with Gasteiger partial charge in [0.05, 0.1) is 5.56 Å². The molecule has 1 aromatic rings. The summed E-state index contributed by atoms with van der Waals surface area (Å²) in [6, 6.07) is 5.23. The van der Waals surface area contributed by atoms with Gasteiger partial charge in [-0.15, -0.1) is 0 Å². The van der Waals surface area contributed by atoms with Gasteiger partial charge in [-0.1, -0.05) is 0 Å². The Morgan fingerprint density at radius 2 is 2.28 bits per heavy atom. The van der Waals surface area contributed by atoms with E-state index >= 15 is 0 Å². The highest BCUT2D eigenvalue weighted by atomic mass is 16.5. The lowest BCUT2D eigenvalue weighted by molar-refractivity contribution is -0.145. The number of nitrogens with one attached hydrogen (secondary N) is 1. The van der Waals surface area contributed by atoms with Gasteiger partial charge in [0, 0.05) is 32.3 Å². The van der Waals surface area contributed by atoms with Gasteiger partial charge < -0.3 is 15.2 Å². The van der Waals surface area contributed by atoms with Crippen molar-refractivity contribution in [3.8, 4) is 6.07 Å². The van der Waals surface area contributed by atoms with Crippen molar-refractivity contribution in [2.24, 2.45) is 0 Å². The van der Waals surface area contributed by atoms with Gasteiger partial charge in [-0.05, 0) is 12.1 Å². The van der Waals surface area contributed by atoms with Gasteiger partial charge >= 0.3 is 5.97 Å². The molecule has 0 atom stereocenters. The number of anilines is 1. The zero-order valence-electron chi connectivity index (χ0n) is 9.72. The molecule has 0 spiro atoms. The smallest absolute Gasteiger partial charge is 0.329 e. The third-order valence-electron chi connectivity index (χ3n) is 3.04. The maximum atomic E-state index is 11.5. The highest BCUT2D eigenvalue weighted by Crippen LogP contribution is 2.26. The molecule has 0 amide bonds. The van der Waals surface area contributed by atoms with E-state index in [0.29, 0.717) is 37.4 Å². The average Bonchev–Trinajstić information content (AvgIpc) is 2.40. The lowest BCUT2D eigenvalue weighted by Crippen LogP contribution is -2.50. The van der Waals surface area contributed by atoms with E-state index in [1.54, 1.807) is 12.1 Å². The first-order chi connectivity index (χ1) is 8.68. The predicted molar refractivity (Wildman–Crippen MR) is 63.0 cm³/mol. The molecule has 0 saturated carbocycles. The van der Waals surface area contributed by atoms with Gasteiger partial charge in [-0.25, -0.2) is 9.78 Å². The van der Waals surface area contributed by atoms with Crippen LogP contribution in [0.1, 0.15) is 18.4 Å². The van der Waals surface area contributed by atoms with E-state index in [0.717, 1.165) is 0 Å². The number of hydrogen-bond acceptors (Lipinski definition) is 5. The molecule has 2 heterocycles. The summed E-state index contributed by atoms with van der Waals surface area (Å²) in [5.41, 5.74) is -0.761. The molecule has 6 heteroatoms. The Labute approximate surface area is 104 Å². The maximum Gasteiger partial charge on any atom is 0.329 e. The number of ether oxygens (including phenoxy) is 1. The van der Waals surface area contributed by atoms with Gasteiger partial charge in [-0.3, -0.25) is 0 Å². The number of carboxylic acids is 1. The van der Waals surface area contributed by atoms with E-state index in [2.05, 4.69) is 10.3 Å². The molecule has 1 fully saturated rings. The summed E-state index contributed by atoms with van der Waals surface area (Å²) >= 11 is 0. The van der Waals surface area contributed by atoms with E-state index in [-0.39, 0.29) is 0 Å². The van der Waals surface area contributed by atoms with Crippen LogP contribution < -0.4 is 5.32 Å². The highest BCUT2D eigenvalue weighted by Gasteiger charge is 2.40. The molecule has 0 unspecified atom stereocenters. The lowest BCUT2D eigenvalue weighted by Gasteiger charge is -2.34. The topological polar surface area (TPSA) is 95.2 Å². The fraction of sp³-hybridized carbons (Fsp3) is 0.417. The summed E-state index contributed by atoms with van der Waals surface area (Å²) in [6.45, 7) is 0.766. The second-order valence-electron chi connectivity index (χ2n) is 4.14. The lowest BCUT2D eigenvalue weighted by atomic mass is 9.90. The molecule has 94 valence electrons. The van der Waals surface area contributed by atoms with Crippen molar-refractivity contribution in [2.45, 2.75) is 18.4 Å². The van der Waals surface area contributed by atoms with E-state index in [9.17, 15) is 9.90 Å². The first-order valence-corrected chi connectivity index (χ1v) is 5.62. The number of aliphatic carboxylic acids is 1. The molecule has 1 aliphatic heterocycles. The fourth-order valence-corrected chi connectivity index (χ4v) is 1.93. The van der Waals surface area contributed by atoms with Crippen molar-refractivity contribution < 1.29 is 14.6 Å². The van der Waals surface area contributed by atoms with Crippen LogP contribution in [0, 0.1) is 11.3 Å². The Balaban J connectivity index is 2.29. The van der Waals surface area contributed by atoms with Crippen LogP contribution >= 0.6 is 0 Å². The minimum atomic E-state index is -1.10. The van der Waals surface area contributed by atoms with Crippen LogP contribution in [0.3, 0.4) is 0 Å². The molecular formula is C12H13N3O3. The van der Waals surface area contributed by atoms with Crippen LogP contribution in [-0.2, 0) is 9.53 Å². The van der Waals surface area contributed by atoms with E-state index in [1.807, 2.05) is 6.07 Å². The number of carboxylic acid groups (broad SMARTS) is 1. The Kier molecular flexibility index (Phi) is 3.44. The van der Waals surface area contributed by atoms with Crippen molar-refractivity contribution in [3.63, 3.8) is 0 Å². The van der Waals surface area contributed by atoms with E-state index in [1.165, 1.54) is 6.20 Å². The molecule has 1 aliphatic rings. The zero-order valence-corrected chi connectivity index (χ0v) is 9.72. The Bertz CT molecular complexity index is 490. The number of nitriles is 1. The van der Waals surface area contributed by atoms with E-state index < -0.39 is 11.5 Å². The minimum absolute atomic E-state index is 0.310. The van der Waals surface area contributed by atoms with Crippen LogP contribution in [0.25, 0.3) is 0 Å². The van der Waals surface area contributed by atoms with Gasteiger partial charge in [0.1, 0.15) is 17.4 Å². The van der Waals surface area contributed by atoms with Gasteiger partial charge in [-0.2, -0.15) is 5.26 Å². The summed E-state index contributed by atoms with van der Waals surface area (Å²) in [7, 11) is 0. The monoisotopic (exact) mass is 247 g/mol. The number of carbonyl (C=O) groups is 1. The standard InChI is InChI=1S/C12H13N3O3/c13-8-9-2-1-5-14-10(9)15-12(11(16)17)3-6-18-7-4-12/h1-2,5H,3-4,6-7H2,(H,14,15)(H,16,17). The average molecular weight is 247 g/mol. The van der Waals surface area contributed by atoms with Crippen LogP contribution in [-0.4, -0.2) is 34.8 Å². The van der Waals surface area contributed by atoms with Crippen molar-refractivity contribution in [3.05, 3.63) is 23.9 Å². The molecule has 0 aliphatic carbocycles. The number of pyridine rings is 1. The van der Waals surface area contributed by atoms with Crippen LogP contribution in [0.5, 0.6) is 0 Å². The van der Waals surface area contributed by atoms with Gasteiger partial charge in [0.15, 0.2) is 0 Å². The Morgan fingerprint density at radius 1 is 1.56 bits per heavy atom. The van der Waals surface area contributed by atoms with Crippen molar-refractivity contribution in [2.75, 3.05) is 18.5 Å². The number of aromatic nitrogens is 1. The molecule has 0 bridgehead atoms. The summed E-state index contributed by atoms with van der Waals surface area (Å²) in [5.74, 6) is -0.635. The summed E-state index contributed by atoms with van der Waals surface area (Å²) in [4.78, 5) is 15.5. The third-order valence-corrected chi connectivity index (χ3v) is 3.04. The number of rotatable bonds is 3. The molecule has 0 radical (unpaired) electrons. The molecule has 2 rings (SSSR count). The van der Waals surface area contributed by atoms with Gasteiger partial charge in [0.25, 0.3) is 0 Å². The largest absolute Gasteiger partial charge is 0.480 e. The SMILES string of the molecule is N#Cc1cccnc1NC1(C(=O)O)CCOCC1. The van der Waals surface area contributed by atoms with Crippen LogP contribution in [0.2, 0.25) is 0 Å². The predicted octanol–water partition coefficient (Wildman–Crippen LogP) is 0.999. The Hall–Kier alpha value is -2.13. The van der Waals surface area contributed by atoms with Crippen molar-refractivity contribution in [1.82, 2.24) is 4.98 Å². The summed E-state index contributed by atoms with van der Waals surface area (Å²) < 4.78 is 5.18. The quantitative estimate of drug-likeness (QED) is 0.827.